The van der Waals surface area contributed by atoms with Crippen LogP contribution in [0.25, 0.3) is 0 Å². The van der Waals surface area contributed by atoms with Crippen LogP contribution in [0, 0.1) is 23.7 Å². The second kappa shape index (κ2) is 4.86. The van der Waals surface area contributed by atoms with Gasteiger partial charge in [0.2, 0.25) is 0 Å². The normalized spacial score (nSPS) is 47.8. The summed E-state index contributed by atoms with van der Waals surface area (Å²) in [4.78, 5) is 0. The molecule has 0 radical (unpaired) electrons. The standard InChI is InChI=1S/C14H27N/c1-10-4-7-14(15-9-10)13-6-5-11(2)12(3)8-13/h10-15H,4-9H2,1-3H3. The van der Waals surface area contributed by atoms with Gasteiger partial charge in [-0.3, -0.25) is 0 Å². The van der Waals surface area contributed by atoms with Crippen molar-refractivity contribution < 1.29 is 0 Å². The topological polar surface area (TPSA) is 12.0 Å². The summed E-state index contributed by atoms with van der Waals surface area (Å²) >= 11 is 0. The molecule has 0 bridgehead atoms. The summed E-state index contributed by atoms with van der Waals surface area (Å²) in [7, 11) is 0. The van der Waals surface area contributed by atoms with Crippen molar-refractivity contribution in [3.8, 4) is 0 Å². The van der Waals surface area contributed by atoms with E-state index in [2.05, 4.69) is 26.1 Å². The molecule has 1 nitrogen and oxygen atoms in total. The first-order valence-corrected chi connectivity index (χ1v) is 6.90. The first-order chi connectivity index (χ1) is 7.16. The Hall–Kier alpha value is -0.0400. The summed E-state index contributed by atoms with van der Waals surface area (Å²) < 4.78 is 0. The van der Waals surface area contributed by atoms with Gasteiger partial charge in [0, 0.05) is 6.04 Å². The van der Waals surface area contributed by atoms with Crippen LogP contribution in [0.2, 0.25) is 0 Å². The number of piperidine rings is 1. The molecule has 88 valence electrons. The highest BCUT2D eigenvalue weighted by Gasteiger charge is 2.31. The van der Waals surface area contributed by atoms with Crippen LogP contribution in [0.4, 0.5) is 0 Å². The lowest BCUT2D eigenvalue weighted by molar-refractivity contribution is 0.147. The van der Waals surface area contributed by atoms with E-state index in [0.717, 1.165) is 29.7 Å². The average molecular weight is 209 g/mol. The van der Waals surface area contributed by atoms with Gasteiger partial charge in [0.1, 0.15) is 0 Å². The maximum absolute atomic E-state index is 3.77. The molecule has 15 heavy (non-hydrogen) atoms. The van der Waals surface area contributed by atoms with E-state index in [4.69, 9.17) is 0 Å². The summed E-state index contributed by atoms with van der Waals surface area (Å²) in [5, 5.41) is 3.77. The lowest BCUT2D eigenvalue weighted by atomic mass is 9.71. The van der Waals surface area contributed by atoms with E-state index < -0.39 is 0 Å². The van der Waals surface area contributed by atoms with Crippen LogP contribution in [0.15, 0.2) is 0 Å². The molecule has 0 spiro atoms. The second-order valence-corrected chi connectivity index (χ2v) is 6.22. The zero-order valence-corrected chi connectivity index (χ0v) is 10.6. The Balaban J connectivity index is 1.84. The molecule has 1 aliphatic heterocycles. The fourth-order valence-electron chi connectivity index (χ4n) is 3.38. The van der Waals surface area contributed by atoms with Crippen LogP contribution in [0.1, 0.15) is 52.9 Å². The predicted molar refractivity (Wildman–Crippen MR) is 65.9 cm³/mol. The Morgan fingerprint density at radius 3 is 2.27 bits per heavy atom. The van der Waals surface area contributed by atoms with E-state index in [1.54, 1.807) is 0 Å². The second-order valence-electron chi connectivity index (χ2n) is 6.22. The molecule has 5 atom stereocenters. The highest BCUT2D eigenvalue weighted by atomic mass is 14.9. The Bertz CT molecular complexity index is 194. The Morgan fingerprint density at radius 2 is 1.67 bits per heavy atom. The molecule has 0 amide bonds. The van der Waals surface area contributed by atoms with Gasteiger partial charge in [0.15, 0.2) is 0 Å². The highest BCUT2D eigenvalue weighted by molar-refractivity contribution is 4.86. The van der Waals surface area contributed by atoms with Crippen molar-refractivity contribution in [2.24, 2.45) is 23.7 Å². The molecule has 2 aliphatic rings. The minimum atomic E-state index is 0.844. The molecule has 1 saturated heterocycles. The van der Waals surface area contributed by atoms with Crippen LogP contribution in [-0.4, -0.2) is 12.6 Å². The van der Waals surface area contributed by atoms with Crippen LogP contribution in [0.5, 0.6) is 0 Å². The number of hydrogen-bond donors (Lipinski definition) is 1. The van der Waals surface area contributed by atoms with Gasteiger partial charge >= 0.3 is 0 Å². The summed E-state index contributed by atoms with van der Waals surface area (Å²) in [6.07, 6.45) is 7.26. The van der Waals surface area contributed by atoms with Gasteiger partial charge in [0.25, 0.3) is 0 Å². The lowest BCUT2D eigenvalue weighted by Crippen LogP contribution is -2.44. The summed E-state index contributed by atoms with van der Waals surface area (Å²) in [6, 6.07) is 0.844. The van der Waals surface area contributed by atoms with E-state index in [9.17, 15) is 0 Å². The minimum Gasteiger partial charge on any atom is -0.313 e. The zero-order valence-electron chi connectivity index (χ0n) is 10.6. The molecule has 1 heteroatoms. The lowest BCUT2D eigenvalue weighted by Gasteiger charge is -2.40. The van der Waals surface area contributed by atoms with Crippen molar-refractivity contribution in [2.45, 2.75) is 58.9 Å². The van der Waals surface area contributed by atoms with Crippen LogP contribution >= 0.6 is 0 Å². The predicted octanol–water partition coefficient (Wildman–Crippen LogP) is 3.45. The van der Waals surface area contributed by atoms with Gasteiger partial charge in [-0.05, 0) is 55.9 Å². The molecule has 2 rings (SSSR count). The van der Waals surface area contributed by atoms with Crippen molar-refractivity contribution in [3.05, 3.63) is 0 Å². The third kappa shape index (κ3) is 2.75. The fourth-order valence-corrected chi connectivity index (χ4v) is 3.38. The van der Waals surface area contributed by atoms with E-state index in [1.165, 1.54) is 38.6 Å². The van der Waals surface area contributed by atoms with Crippen molar-refractivity contribution in [3.63, 3.8) is 0 Å². The number of hydrogen-bond acceptors (Lipinski definition) is 1. The SMILES string of the molecule is CC1CCC(C2CCC(C)C(C)C2)NC1. The molecular weight excluding hydrogens is 182 g/mol. The first-order valence-electron chi connectivity index (χ1n) is 6.90. The van der Waals surface area contributed by atoms with Gasteiger partial charge in [0.05, 0.1) is 0 Å². The third-order valence-electron chi connectivity index (χ3n) is 4.91. The summed E-state index contributed by atoms with van der Waals surface area (Å²) in [6.45, 7) is 8.50. The quantitative estimate of drug-likeness (QED) is 0.697. The molecule has 1 heterocycles. The van der Waals surface area contributed by atoms with Gasteiger partial charge in [-0.15, -0.1) is 0 Å². The molecule has 0 aromatic carbocycles. The maximum Gasteiger partial charge on any atom is 0.00956 e. The van der Waals surface area contributed by atoms with E-state index in [0.29, 0.717) is 0 Å². The van der Waals surface area contributed by atoms with E-state index in [1.807, 2.05) is 0 Å². The van der Waals surface area contributed by atoms with E-state index >= 15 is 0 Å². The van der Waals surface area contributed by atoms with Gasteiger partial charge < -0.3 is 5.32 Å². The fraction of sp³-hybridized carbons (Fsp3) is 1.00. The van der Waals surface area contributed by atoms with Crippen LogP contribution in [0.3, 0.4) is 0 Å². The molecule has 2 fully saturated rings. The van der Waals surface area contributed by atoms with Crippen molar-refractivity contribution in [1.29, 1.82) is 0 Å². The molecule has 1 aliphatic carbocycles. The van der Waals surface area contributed by atoms with Crippen molar-refractivity contribution >= 4 is 0 Å². The third-order valence-corrected chi connectivity index (χ3v) is 4.91. The van der Waals surface area contributed by atoms with Crippen LogP contribution in [-0.2, 0) is 0 Å². The van der Waals surface area contributed by atoms with Gasteiger partial charge in [-0.25, -0.2) is 0 Å². The first kappa shape index (κ1) is 11.4. The largest absolute Gasteiger partial charge is 0.313 e. The summed E-state index contributed by atoms with van der Waals surface area (Å²) in [5.74, 6) is 3.79. The van der Waals surface area contributed by atoms with Gasteiger partial charge in [-0.2, -0.15) is 0 Å². The smallest absolute Gasteiger partial charge is 0.00956 e. The number of rotatable bonds is 1. The molecule has 1 N–H and O–H groups in total. The van der Waals surface area contributed by atoms with Crippen LogP contribution < -0.4 is 5.32 Å². The monoisotopic (exact) mass is 209 g/mol. The zero-order chi connectivity index (χ0) is 10.8. The Morgan fingerprint density at radius 1 is 0.867 bits per heavy atom. The van der Waals surface area contributed by atoms with E-state index in [-0.39, 0.29) is 0 Å². The minimum absolute atomic E-state index is 0.844. The Labute approximate surface area is 95.0 Å². The molecular formula is C14H27N. The molecule has 1 saturated carbocycles. The number of nitrogens with one attached hydrogen (secondary N) is 1. The Kier molecular flexibility index (Phi) is 3.71. The molecule has 0 aromatic rings. The summed E-state index contributed by atoms with van der Waals surface area (Å²) in [5.41, 5.74) is 0. The highest BCUT2D eigenvalue weighted by Crippen LogP contribution is 2.37. The average Bonchev–Trinajstić information content (AvgIpc) is 2.23. The van der Waals surface area contributed by atoms with Crippen molar-refractivity contribution in [2.75, 3.05) is 6.54 Å². The van der Waals surface area contributed by atoms with Gasteiger partial charge in [-0.1, -0.05) is 27.2 Å². The molecule has 5 unspecified atom stereocenters. The maximum atomic E-state index is 3.77. The molecule has 0 aromatic heterocycles. The van der Waals surface area contributed by atoms with Crippen molar-refractivity contribution in [1.82, 2.24) is 5.32 Å².